The highest BCUT2D eigenvalue weighted by molar-refractivity contribution is 7.99. The summed E-state index contributed by atoms with van der Waals surface area (Å²) in [5.41, 5.74) is 2.06. The quantitative estimate of drug-likeness (QED) is 0.423. The van der Waals surface area contributed by atoms with Gasteiger partial charge in [-0.1, -0.05) is 65.3 Å². The molecule has 3 aromatic rings. The predicted octanol–water partition coefficient (Wildman–Crippen LogP) is 6.47. The number of benzene rings is 3. The number of ether oxygens (including phenoxy) is 1. The van der Waals surface area contributed by atoms with Crippen molar-refractivity contribution in [3.8, 4) is 5.75 Å². The lowest BCUT2D eigenvalue weighted by atomic mass is 10.0. The third-order valence-corrected chi connectivity index (χ3v) is 5.33. The van der Waals surface area contributed by atoms with E-state index in [9.17, 15) is 4.79 Å². The van der Waals surface area contributed by atoms with Crippen LogP contribution in [0.3, 0.4) is 0 Å². The fourth-order valence-corrected chi connectivity index (χ4v) is 4.05. The number of carbonyl (C=O) groups is 1. The summed E-state index contributed by atoms with van der Waals surface area (Å²) < 4.78 is 5.32. The Morgan fingerprint density at radius 2 is 1.62 bits per heavy atom. The fraction of sp³-hybridized carbons (Fsp3) is 0.0952. The Kier molecular flexibility index (Phi) is 6.62. The second-order valence-electron chi connectivity index (χ2n) is 5.65. The highest BCUT2D eigenvalue weighted by Gasteiger charge is 2.14. The molecule has 132 valence electrons. The summed E-state index contributed by atoms with van der Waals surface area (Å²) in [4.78, 5) is 12.9. The fourth-order valence-electron chi connectivity index (χ4n) is 2.61. The lowest BCUT2D eigenvalue weighted by molar-refractivity contribution is -0.120. The second-order valence-corrected chi connectivity index (χ2v) is 7.64. The van der Waals surface area contributed by atoms with E-state index in [4.69, 9.17) is 27.9 Å². The van der Waals surface area contributed by atoms with Gasteiger partial charge >= 0.3 is 0 Å². The van der Waals surface area contributed by atoms with E-state index in [0.29, 0.717) is 28.7 Å². The first-order valence-electron chi connectivity index (χ1n) is 8.06. The van der Waals surface area contributed by atoms with Crippen molar-refractivity contribution in [1.82, 2.24) is 0 Å². The molecule has 3 rings (SSSR count). The molecule has 0 fully saturated rings. The van der Waals surface area contributed by atoms with Gasteiger partial charge in [-0.15, -0.1) is 0 Å². The van der Waals surface area contributed by atoms with Crippen LogP contribution in [0.1, 0.15) is 11.1 Å². The molecule has 0 aliphatic heterocycles. The molecule has 0 amide bonds. The predicted molar refractivity (Wildman–Crippen MR) is 108 cm³/mol. The maximum atomic E-state index is 11.0. The van der Waals surface area contributed by atoms with Crippen LogP contribution in [0.15, 0.2) is 76.5 Å². The van der Waals surface area contributed by atoms with Gasteiger partial charge in [0.25, 0.3) is 6.47 Å². The lowest BCUT2D eigenvalue weighted by Gasteiger charge is -2.13. The van der Waals surface area contributed by atoms with Gasteiger partial charge in [0.1, 0.15) is 5.75 Å². The Morgan fingerprint density at radius 3 is 2.31 bits per heavy atom. The molecular formula is C21H16Cl2O2S. The first-order valence-corrected chi connectivity index (χ1v) is 9.63. The highest BCUT2D eigenvalue weighted by Crippen LogP contribution is 2.39. The van der Waals surface area contributed by atoms with Crippen LogP contribution in [0.25, 0.3) is 0 Å². The zero-order valence-corrected chi connectivity index (χ0v) is 16.2. The van der Waals surface area contributed by atoms with E-state index in [2.05, 4.69) is 0 Å². The maximum Gasteiger partial charge on any atom is 0.298 e. The van der Waals surface area contributed by atoms with Gasteiger partial charge in [0.2, 0.25) is 0 Å². The zero-order valence-electron chi connectivity index (χ0n) is 13.8. The molecule has 0 aliphatic carbocycles. The van der Waals surface area contributed by atoms with E-state index >= 15 is 0 Å². The van der Waals surface area contributed by atoms with Crippen LogP contribution >= 0.6 is 35.0 Å². The topological polar surface area (TPSA) is 26.3 Å². The molecule has 2 nitrogen and oxygen atoms in total. The van der Waals surface area contributed by atoms with Crippen LogP contribution in [0.2, 0.25) is 10.0 Å². The average Bonchev–Trinajstić information content (AvgIpc) is 2.64. The van der Waals surface area contributed by atoms with Crippen LogP contribution in [-0.2, 0) is 17.6 Å². The van der Waals surface area contributed by atoms with Crippen molar-refractivity contribution in [3.05, 3.63) is 87.9 Å². The zero-order chi connectivity index (χ0) is 18.4. The van der Waals surface area contributed by atoms with E-state index < -0.39 is 0 Å². The Morgan fingerprint density at radius 1 is 0.885 bits per heavy atom. The SMILES string of the molecule is O=COc1c(CCc2ccc(Cl)cc2)cc(Cl)cc1Sc1ccccc1. The molecule has 26 heavy (non-hydrogen) atoms. The minimum atomic E-state index is 0.462. The largest absolute Gasteiger partial charge is 0.427 e. The summed E-state index contributed by atoms with van der Waals surface area (Å²) in [7, 11) is 0. The summed E-state index contributed by atoms with van der Waals surface area (Å²) in [6, 6.07) is 21.3. The van der Waals surface area contributed by atoms with Crippen LogP contribution in [0.4, 0.5) is 0 Å². The molecular weight excluding hydrogens is 387 g/mol. The Labute approximate surface area is 167 Å². The van der Waals surface area contributed by atoms with Gasteiger partial charge < -0.3 is 4.74 Å². The van der Waals surface area contributed by atoms with Gasteiger partial charge in [0, 0.05) is 14.9 Å². The molecule has 0 bridgehead atoms. The number of hydrogen-bond acceptors (Lipinski definition) is 3. The Hall–Kier alpha value is -1.94. The van der Waals surface area contributed by atoms with Crippen molar-refractivity contribution < 1.29 is 9.53 Å². The van der Waals surface area contributed by atoms with Gasteiger partial charge in [-0.2, -0.15) is 0 Å². The summed E-state index contributed by atoms with van der Waals surface area (Å²) in [6.45, 7) is 0.462. The molecule has 3 aromatic carbocycles. The van der Waals surface area contributed by atoms with E-state index in [-0.39, 0.29) is 0 Å². The highest BCUT2D eigenvalue weighted by atomic mass is 35.5. The van der Waals surface area contributed by atoms with E-state index in [1.54, 1.807) is 0 Å². The summed E-state index contributed by atoms with van der Waals surface area (Å²) in [5.74, 6) is 0.562. The Bertz CT molecular complexity index is 881. The van der Waals surface area contributed by atoms with Gasteiger partial charge in [0.05, 0.1) is 4.90 Å². The van der Waals surface area contributed by atoms with Crippen molar-refractivity contribution >= 4 is 41.4 Å². The van der Waals surface area contributed by atoms with Crippen LogP contribution in [0.5, 0.6) is 5.75 Å². The number of carbonyl (C=O) groups excluding carboxylic acids is 1. The summed E-state index contributed by atoms with van der Waals surface area (Å²) in [6.07, 6.45) is 1.50. The molecule has 0 unspecified atom stereocenters. The van der Waals surface area contributed by atoms with Gasteiger partial charge in [-0.05, 0) is 60.4 Å². The third kappa shape index (κ3) is 5.04. The maximum absolute atomic E-state index is 11.0. The van der Waals surface area contributed by atoms with E-state index in [1.165, 1.54) is 11.8 Å². The van der Waals surface area contributed by atoms with Crippen molar-refractivity contribution in [2.75, 3.05) is 0 Å². The minimum Gasteiger partial charge on any atom is -0.427 e. The molecule has 0 N–H and O–H groups in total. The minimum absolute atomic E-state index is 0.462. The molecule has 0 saturated heterocycles. The van der Waals surface area contributed by atoms with Crippen molar-refractivity contribution in [2.45, 2.75) is 22.6 Å². The smallest absolute Gasteiger partial charge is 0.298 e. The van der Waals surface area contributed by atoms with Crippen molar-refractivity contribution in [1.29, 1.82) is 0 Å². The number of halogens is 2. The molecule has 0 atom stereocenters. The Balaban J connectivity index is 1.88. The average molecular weight is 403 g/mol. The monoisotopic (exact) mass is 402 g/mol. The number of aryl methyl sites for hydroxylation is 2. The van der Waals surface area contributed by atoms with Gasteiger partial charge in [-0.3, -0.25) is 4.79 Å². The van der Waals surface area contributed by atoms with Gasteiger partial charge in [0.15, 0.2) is 0 Å². The van der Waals surface area contributed by atoms with Gasteiger partial charge in [-0.25, -0.2) is 0 Å². The molecule has 0 aliphatic rings. The van der Waals surface area contributed by atoms with Crippen LogP contribution < -0.4 is 4.74 Å². The standard InChI is InChI=1S/C21H16Cl2O2S/c22-17-10-7-15(8-11-17)6-9-16-12-18(23)13-20(21(16)25-14-24)26-19-4-2-1-3-5-19/h1-5,7-8,10-14H,6,9H2. The van der Waals surface area contributed by atoms with Crippen LogP contribution in [0, 0.1) is 0 Å². The molecule has 0 heterocycles. The first kappa shape index (κ1) is 18.8. The number of hydrogen-bond donors (Lipinski definition) is 0. The lowest BCUT2D eigenvalue weighted by Crippen LogP contribution is -1.99. The molecule has 0 saturated carbocycles. The summed E-state index contributed by atoms with van der Waals surface area (Å²) in [5, 5.41) is 1.33. The third-order valence-electron chi connectivity index (χ3n) is 3.83. The van der Waals surface area contributed by atoms with Crippen molar-refractivity contribution in [2.24, 2.45) is 0 Å². The normalized spacial score (nSPS) is 10.5. The first-order chi connectivity index (χ1) is 12.7. The van der Waals surface area contributed by atoms with Crippen molar-refractivity contribution in [3.63, 3.8) is 0 Å². The van der Waals surface area contributed by atoms with E-state index in [0.717, 1.165) is 27.3 Å². The van der Waals surface area contributed by atoms with E-state index in [1.807, 2.05) is 66.7 Å². The van der Waals surface area contributed by atoms with Crippen LogP contribution in [-0.4, -0.2) is 6.47 Å². The second kappa shape index (κ2) is 9.13. The molecule has 0 spiro atoms. The number of rotatable bonds is 7. The molecule has 5 heteroatoms. The summed E-state index contributed by atoms with van der Waals surface area (Å²) >= 11 is 13.8. The molecule has 0 radical (unpaired) electrons. The molecule has 0 aromatic heterocycles.